The smallest absolute Gasteiger partial charge is 0.0652 e. The first-order valence-electron chi connectivity index (χ1n) is 3.69. The van der Waals surface area contributed by atoms with E-state index < -0.39 is 0 Å². The minimum Gasteiger partial charge on any atom is -0.378 e. The molecule has 1 heterocycles. The summed E-state index contributed by atoms with van der Waals surface area (Å²) < 4.78 is 5.45. The van der Waals surface area contributed by atoms with Crippen LogP contribution in [0.5, 0.6) is 0 Å². The fourth-order valence-corrected chi connectivity index (χ4v) is 1.88. The summed E-state index contributed by atoms with van der Waals surface area (Å²) in [5.41, 5.74) is 0. The summed E-state index contributed by atoms with van der Waals surface area (Å²) in [7, 11) is 2.01. The molecular weight excluding hydrogens is 114 g/mol. The van der Waals surface area contributed by atoms with E-state index in [2.05, 4.69) is 5.32 Å². The van der Waals surface area contributed by atoms with Crippen LogP contribution in [0.2, 0.25) is 0 Å². The highest BCUT2D eigenvalue weighted by Crippen LogP contribution is 2.48. The van der Waals surface area contributed by atoms with Crippen molar-refractivity contribution in [1.82, 2.24) is 5.32 Å². The molecule has 0 unspecified atom stereocenters. The normalized spacial score (nSPS) is 47.0. The first-order chi connectivity index (χ1) is 4.43. The Morgan fingerprint density at radius 2 is 2.56 bits per heavy atom. The Bertz CT molecular complexity index is 105. The van der Waals surface area contributed by atoms with Gasteiger partial charge in [0.1, 0.15) is 0 Å². The van der Waals surface area contributed by atoms with Crippen LogP contribution in [0.25, 0.3) is 0 Å². The van der Waals surface area contributed by atoms with Crippen LogP contribution in [0.15, 0.2) is 0 Å². The Morgan fingerprint density at radius 3 is 3.11 bits per heavy atom. The van der Waals surface area contributed by atoms with E-state index in [1.807, 2.05) is 7.05 Å². The van der Waals surface area contributed by atoms with Crippen molar-refractivity contribution >= 4 is 0 Å². The molecule has 1 N–H and O–H groups in total. The molecule has 2 fully saturated rings. The lowest BCUT2D eigenvalue weighted by Crippen LogP contribution is -2.14. The lowest BCUT2D eigenvalue weighted by molar-refractivity contribution is 0.138. The van der Waals surface area contributed by atoms with Crippen molar-refractivity contribution < 1.29 is 4.74 Å². The van der Waals surface area contributed by atoms with Crippen molar-refractivity contribution in [3.8, 4) is 0 Å². The first kappa shape index (κ1) is 5.69. The molecule has 0 aromatic carbocycles. The number of hydrogen-bond donors (Lipinski definition) is 1. The van der Waals surface area contributed by atoms with E-state index in [-0.39, 0.29) is 0 Å². The zero-order valence-corrected chi connectivity index (χ0v) is 5.76. The molecule has 1 aliphatic heterocycles. The van der Waals surface area contributed by atoms with Gasteiger partial charge in [0.15, 0.2) is 0 Å². The number of hydrogen-bond acceptors (Lipinski definition) is 2. The van der Waals surface area contributed by atoms with Gasteiger partial charge < -0.3 is 10.1 Å². The van der Waals surface area contributed by atoms with Crippen LogP contribution < -0.4 is 5.32 Å². The second kappa shape index (κ2) is 1.96. The van der Waals surface area contributed by atoms with Gasteiger partial charge in [-0.3, -0.25) is 0 Å². The zero-order valence-electron chi connectivity index (χ0n) is 5.76. The highest BCUT2D eigenvalue weighted by Gasteiger charge is 2.53. The van der Waals surface area contributed by atoms with Gasteiger partial charge >= 0.3 is 0 Å². The highest BCUT2D eigenvalue weighted by molar-refractivity contribution is 5.02. The molecule has 2 rings (SSSR count). The van der Waals surface area contributed by atoms with Crippen LogP contribution in [0.1, 0.15) is 6.42 Å². The maximum Gasteiger partial charge on any atom is 0.0652 e. The Hall–Kier alpha value is -0.0800. The summed E-state index contributed by atoms with van der Waals surface area (Å²) in [5, 5.41) is 3.18. The predicted octanol–water partition coefficient (Wildman–Crippen LogP) is 0.241. The van der Waals surface area contributed by atoms with Gasteiger partial charge in [0.05, 0.1) is 6.10 Å². The van der Waals surface area contributed by atoms with Gasteiger partial charge in [-0.05, 0) is 19.4 Å². The molecule has 0 amide bonds. The topological polar surface area (TPSA) is 21.3 Å². The van der Waals surface area contributed by atoms with Crippen LogP contribution in [0.3, 0.4) is 0 Å². The van der Waals surface area contributed by atoms with Crippen molar-refractivity contribution in [3.63, 3.8) is 0 Å². The number of nitrogens with one attached hydrogen (secondary N) is 1. The van der Waals surface area contributed by atoms with E-state index in [9.17, 15) is 0 Å². The van der Waals surface area contributed by atoms with Crippen LogP contribution in [0.4, 0.5) is 0 Å². The lowest BCUT2D eigenvalue weighted by Gasteiger charge is -2.00. The fourth-order valence-electron chi connectivity index (χ4n) is 1.88. The third-order valence-corrected chi connectivity index (χ3v) is 2.45. The van der Waals surface area contributed by atoms with E-state index in [0.717, 1.165) is 25.0 Å². The summed E-state index contributed by atoms with van der Waals surface area (Å²) in [6, 6.07) is 0. The average Bonchev–Trinajstić information content (AvgIpc) is 2.39. The minimum atomic E-state index is 0.637. The molecule has 2 aliphatic rings. The third-order valence-electron chi connectivity index (χ3n) is 2.45. The largest absolute Gasteiger partial charge is 0.378 e. The van der Waals surface area contributed by atoms with Crippen molar-refractivity contribution in [2.24, 2.45) is 11.8 Å². The number of fused-ring (bicyclic) bond motifs is 1. The lowest BCUT2D eigenvalue weighted by atomic mass is 10.2. The van der Waals surface area contributed by atoms with Gasteiger partial charge in [-0.2, -0.15) is 0 Å². The molecule has 0 aromatic rings. The van der Waals surface area contributed by atoms with E-state index in [0.29, 0.717) is 6.10 Å². The molecule has 9 heavy (non-hydrogen) atoms. The van der Waals surface area contributed by atoms with Crippen LogP contribution in [-0.2, 0) is 4.74 Å². The van der Waals surface area contributed by atoms with Crippen molar-refractivity contribution in [2.45, 2.75) is 12.5 Å². The molecule has 0 aromatic heterocycles. The summed E-state index contributed by atoms with van der Waals surface area (Å²) in [4.78, 5) is 0. The maximum absolute atomic E-state index is 5.45. The number of ether oxygens (including phenoxy) is 1. The van der Waals surface area contributed by atoms with E-state index in [1.54, 1.807) is 0 Å². The Labute approximate surface area is 55.6 Å². The van der Waals surface area contributed by atoms with Gasteiger partial charge in [0.2, 0.25) is 0 Å². The van der Waals surface area contributed by atoms with Gasteiger partial charge in [-0.15, -0.1) is 0 Å². The van der Waals surface area contributed by atoms with Gasteiger partial charge in [-0.25, -0.2) is 0 Å². The molecule has 3 atom stereocenters. The first-order valence-corrected chi connectivity index (χ1v) is 3.69. The second-order valence-electron chi connectivity index (χ2n) is 3.01. The molecule has 0 bridgehead atoms. The molecule has 1 aliphatic carbocycles. The van der Waals surface area contributed by atoms with Gasteiger partial charge in [0, 0.05) is 19.1 Å². The average molecular weight is 127 g/mol. The molecule has 1 saturated carbocycles. The molecule has 52 valence electrons. The minimum absolute atomic E-state index is 0.637. The summed E-state index contributed by atoms with van der Waals surface area (Å²) in [6.07, 6.45) is 1.94. The van der Waals surface area contributed by atoms with Crippen molar-refractivity contribution in [1.29, 1.82) is 0 Å². The molecule has 0 radical (unpaired) electrons. The molecule has 2 nitrogen and oxygen atoms in total. The molecule has 2 heteroatoms. The van der Waals surface area contributed by atoms with Crippen LogP contribution >= 0.6 is 0 Å². The number of rotatable bonds is 2. The summed E-state index contributed by atoms with van der Waals surface area (Å²) in [6.45, 7) is 2.16. The zero-order chi connectivity index (χ0) is 6.27. The monoisotopic (exact) mass is 127 g/mol. The molecule has 0 spiro atoms. The quantitative estimate of drug-likeness (QED) is 0.573. The van der Waals surface area contributed by atoms with Gasteiger partial charge in [-0.1, -0.05) is 0 Å². The highest BCUT2D eigenvalue weighted by atomic mass is 16.5. The van der Waals surface area contributed by atoms with Crippen LogP contribution in [-0.4, -0.2) is 26.3 Å². The standard InChI is InChI=1S/C7H13NO/c1-8-4-6-5-2-3-9-7(5)6/h5-8H,2-4H2,1H3/t5-,6-,7+/m1/s1. The van der Waals surface area contributed by atoms with Gasteiger partial charge in [0.25, 0.3) is 0 Å². The predicted molar refractivity (Wildman–Crippen MR) is 35.3 cm³/mol. The molecule has 1 saturated heterocycles. The van der Waals surface area contributed by atoms with Crippen LogP contribution in [0, 0.1) is 11.8 Å². The Kier molecular flexibility index (Phi) is 1.24. The van der Waals surface area contributed by atoms with Crippen molar-refractivity contribution in [3.05, 3.63) is 0 Å². The third kappa shape index (κ3) is 0.775. The SMILES string of the molecule is CNC[C@@H]1[C@H]2CCO[C@@H]21. The van der Waals surface area contributed by atoms with E-state index in [4.69, 9.17) is 4.74 Å². The second-order valence-corrected chi connectivity index (χ2v) is 3.01. The molecular formula is C7H13NO. The van der Waals surface area contributed by atoms with E-state index >= 15 is 0 Å². The summed E-state index contributed by atoms with van der Waals surface area (Å²) in [5.74, 6) is 1.76. The maximum atomic E-state index is 5.45. The Morgan fingerprint density at radius 1 is 1.67 bits per heavy atom. The Balaban J connectivity index is 1.81. The van der Waals surface area contributed by atoms with E-state index in [1.165, 1.54) is 6.42 Å². The summed E-state index contributed by atoms with van der Waals surface area (Å²) >= 11 is 0. The van der Waals surface area contributed by atoms with Crippen molar-refractivity contribution in [2.75, 3.05) is 20.2 Å². The fraction of sp³-hybridized carbons (Fsp3) is 1.00.